The molecule has 0 spiro atoms. The molecular formula is C15H16N4. The molecular weight excluding hydrogens is 236 g/mol. The molecule has 2 N–H and O–H groups in total. The molecule has 0 bridgehead atoms. The first-order chi connectivity index (χ1) is 9.13. The summed E-state index contributed by atoms with van der Waals surface area (Å²) in [6.45, 7) is 6.00. The molecule has 0 radical (unpaired) electrons. The van der Waals surface area contributed by atoms with Crippen LogP contribution >= 0.6 is 0 Å². The summed E-state index contributed by atoms with van der Waals surface area (Å²) < 4.78 is 0. The van der Waals surface area contributed by atoms with Gasteiger partial charge in [0.2, 0.25) is 0 Å². The van der Waals surface area contributed by atoms with Gasteiger partial charge in [-0.3, -0.25) is 0 Å². The number of aryl methyl sites for hydroxylation is 3. The largest absolute Gasteiger partial charge is 0.343 e. The fourth-order valence-electron chi connectivity index (χ4n) is 2.19. The molecule has 96 valence electrons. The Hall–Kier alpha value is -2.36. The molecule has 0 saturated heterocycles. The molecule has 0 saturated carbocycles. The Bertz CT molecular complexity index is 743. The van der Waals surface area contributed by atoms with Crippen LogP contribution in [0.5, 0.6) is 0 Å². The zero-order valence-electron chi connectivity index (χ0n) is 11.3. The third-order valence-corrected chi connectivity index (χ3v) is 3.13. The van der Waals surface area contributed by atoms with Crippen molar-refractivity contribution in [3.63, 3.8) is 0 Å². The van der Waals surface area contributed by atoms with E-state index in [1.54, 1.807) is 0 Å². The molecule has 1 aromatic carbocycles. The topological polar surface area (TPSA) is 53.6 Å². The quantitative estimate of drug-likeness (QED) is 0.732. The highest BCUT2D eigenvalue weighted by atomic mass is 15.1. The van der Waals surface area contributed by atoms with E-state index < -0.39 is 0 Å². The summed E-state index contributed by atoms with van der Waals surface area (Å²) >= 11 is 0. The van der Waals surface area contributed by atoms with Gasteiger partial charge in [0.15, 0.2) is 0 Å². The summed E-state index contributed by atoms with van der Waals surface area (Å²) in [5.41, 5.74) is 4.23. The molecule has 2 heterocycles. The molecule has 3 aromatic rings. The van der Waals surface area contributed by atoms with Crippen LogP contribution in [0.15, 0.2) is 30.3 Å². The number of hydrogen-bond acceptors (Lipinski definition) is 3. The first kappa shape index (κ1) is 11.7. The average molecular weight is 252 g/mol. The van der Waals surface area contributed by atoms with Gasteiger partial charge in [0.25, 0.3) is 0 Å². The van der Waals surface area contributed by atoms with Crippen LogP contribution < -0.4 is 5.32 Å². The summed E-state index contributed by atoms with van der Waals surface area (Å²) in [7, 11) is 0. The van der Waals surface area contributed by atoms with E-state index in [-0.39, 0.29) is 0 Å². The molecule has 0 aliphatic rings. The van der Waals surface area contributed by atoms with Gasteiger partial charge < -0.3 is 10.3 Å². The SMILES string of the molecule is Cc1nc(Nc2ccccc2C)c2cc(C)[nH]c2n1. The molecule has 0 atom stereocenters. The predicted molar refractivity (Wildman–Crippen MR) is 77.8 cm³/mol. The van der Waals surface area contributed by atoms with Crippen LogP contribution in [0.4, 0.5) is 11.5 Å². The zero-order valence-corrected chi connectivity index (χ0v) is 11.3. The van der Waals surface area contributed by atoms with Crippen LogP contribution in [0.1, 0.15) is 17.1 Å². The molecule has 0 amide bonds. The summed E-state index contributed by atoms with van der Waals surface area (Å²) in [5.74, 6) is 1.60. The third kappa shape index (κ3) is 2.17. The summed E-state index contributed by atoms with van der Waals surface area (Å²) in [6.07, 6.45) is 0. The van der Waals surface area contributed by atoms with Crippen LogP contribution in [-0.4, -0.2) is 15.0 Å². The van der Waals surface area contributed by atoms with Crippen molar-refractivity contribution >= 4 is 22.5 Å². The number of nitrogens with zero attached hydrogens (tertiary/aromatic N) is 2. The molecule has 0 aliphatic carbocycles. The number of fused-ring (bicyclic) bond motifs is 1. The Morgan fingerprint density at radius 3 is 2.63 bits per heavy atom. The van der Waals surface area contributed by atoms with Crippen LogP contribution in [0.3, 0.4) is 0 Å². The first-order valence-electron chi connectivity index (χ1n) is 6.30. The van der Waals surface area contributed by atoms with Crippen molar-refractivity contribution in [2.24, 2.45) is 0 Å². The Morgan fingerprint density at radius 1 is 1.05 bits per heavy atom. The average Bonchev–Trinajstić information content (AvgIpc) is 2.72. The van der Waals surface area contributed by atoms with Crippen molar-refractivity contribution in [2.45, 2.75) is 20.8 Å². The van der Waals surface area contributed by atoms with E-state index in [2.05, 4.69) is 45.4 Å². The van der Waals surface area contributed by atoms with E-state index in [1.165, 1.54) is 5.56 Å². The van der Waals surface area contributed by atoms with Crippen LogP contribution in [0, 0.1) is 20.8 Å². The van der Waals surface area contributed by atoms with Crippen LogP contribution in [0.25, 0.3) is 11.0 Å². The van der Waals surface area contributed by atoms with Crippen molar-refractivity contribution in [1.82, 2.24) is 15.0 Å². The van der Waals surface area contributed by atoms with Gasteiger partial charge in [0.05, 0.1) is 5.39 Å². The first-order valence-corrected chi connectivity index (χ1v) is 6.30. The van der Waals surface area contributed by atoms with Crippen molar-refractivity contribution < 1.29 is 0 Å². The molecule has 19 heavy (non-hydrogen) atoms. The fraction of sp³-hybridized carbons (Fsp3) is 0.200. The van der Waals surface area contributed by atoms with Gasteiger partial charge in [-0.15, -0.1) is 0 Å². The minimum Gasteiger partial charge on any atom is -0.343 e. The summed E-state index contributed by atoms with van der Waals surface area (Å²) in [4.78, 5) is 12.2. The molecule has 2 aromatic heterocycles. The fourth-order valence-corrected chi connectivity index (χ4v) is 2.19. The van der Waals surface area contributed by atoms with Crippen molar-refractivity contribution in [3.05, 3.63) is 47.4 Å². The zero-order chi connectivity index (χ0) is 13.4. The minimum absolute atomic E-state index is 0.755. The number of hydrogen-bond donors (Lipinski definition) is 2. The van der Waals surface area contributed by atoms with Crippen molar-refractivity contribution in [1.29, 1.82) is 0 Å². The van der Waals surface area contributed by atoms with Crippen molar-refractivity contribution in [2.75, 3.05) is 5.32 Å². The van der Waals surface area contributed by atoms with Gasteiger partial charge in [-0.2, -0.15) is 0 Å². The number of benzene rings is 1. The maximum Gasteiger partial charge on any atom is 0.143 e. The number of rotatable bonds is 2. The van der Waals surface area contributed by atoms with Gasteiger partial charge in [-0.05, 0) is 38.5 Å². The van der Waals surface area contributed by atoms with E-state index in [0.29, 0.717) is 0 Å². The van der Waals surface area contributed by atoms with E-state index >= 15 is 0 Å². The van der Waals surface area contributed by atoms with E-state index in [0.717, 1.165) is 34.1 Å². The Balaban J connectivity index is 2.12. The van der Waals surface area contributed by atoms with E-state index in [9.17, 15) is 0 Å². The number of anilines is 2. The van der Waals surface area contributed by atoms with Gasteiger partial charge in [0, 0.05) is 11.4 Å². The van der Waals surface area contributed by atoms with Gasteiger partial charge in [0.1, 0.15) is 17.3 Å². The maximum absolute atomic E-state index is 4.51. The summed E-state index contributed by atoms with van der Waals surface area (Å²) in [5, 5.41) is 4.42. The second-order valence-electron chi connectivity index (χ2n) is 4.77. The highest BCUT2D eigenvalue weighted by Crippen LogP contribution is 2.25. The van der Waals surface area contributed by atoms with Gasteiger partial charge in [-0.25, -0.2) is 9.97 Å². The monoisotopic (exact) mass is 252 g/mol. The lowest BCUT2D eigenvalue weighted by molar-refractivity contribution is 1.08. The van der Waals surface area contributed by atoms with Crippen LogP contribution in [-0.2, 0) is 0 Å². The minimum atomic E-state index is 0.755. The van der Waals surface area contributed by atoms with Gasteiger partial charge in [-0.1, -0.05) is 18.2 Å². The number of aromatic nitrogens is 3. The lowest BCUT2D eigenvalue weighted by Gasteiger charge is -2.09. The maximum atomic E-state index is 4.51. The molecule has 4 nitrogen and oxygen atoms in total. The standard InChI is InChI=1S/C15H16N4/c1-9-6-4-5-7-13(9)19-15-12-8-10(2)16-14(12)17-11(3)18-15/h4-8H,1-3H3,(H2,16,17,18,19). The van der Waals surface area contributed by atoms with E-state index in [4.69, 9.17) is 0 Å². The molecule has 0 unspecified atom stereocenters. The number of H-pyrrole nitrogens is 1. The Kier molecular flexibility index (Phi) is 2.71. The number of aromatic amines is 1. The van der Waals surface area contributed by atoms with Gasteiger partial charge >= 0.3 is 0 Å². The molecule has 0 fully saturated rings. The number of para-hydroxylation sites is 1. The Labute approximate surface area is 111 Å². The molecule has 0 aliphatic heterocycles. The normalized spacial score (nSPS) is 10.9. The smallest absolute Gasteiger partial charge is 0.143 e. The van der Waals surface area contributed by atoms with Crippen molar-refractivity contribution in [3.8, 4) is 0 Å². The highest BCUT2D eigenvalue weighted by molar-refractivity contribution is 5.90. The lowest BCUT2D eigenvalue weighted by atomic mass is 10.2. The lowest BCUT2D eigenvalue weighted by Crippen LogP contribution is -1.99. The van der Waals surface area contributed by atoms with Crippen LogP contribution in [0.2, 0.25) is 0 Å². The second kappa shape index (κ2) is 4.39. The predicted octanol–water partition coefficient (Wildman–Crippen LogP) is 3.63. The third-order valence-electron chi connectivity index (χ3n) is 3.13. The van der Waals surface area contributed by atoms with E-state index in [1.807, 2.05) is 26.0 Å². The number of nitrogens with one attached hydrogen (secondary N) is 2. The summed E-state index contributed by atoms with van der Waals surface area (Å²) in [6, 6.07) is 10.2. The molecule has 3 rings (SSSR count). The highest BCUT2D eigenvalue weighted by Gasteiger charge is 2.09. The molecule has 4 heteroatoms. The second-order valence-corrected chi connectivity index (χ2v) is 4.77. The Morgan fingerprint density at radius 2 is 1.84 bits per heavy atom.